The number of hydrogen-bond acceptors (Lipinski definition) is 7. The molecule has 3 aliphatic rings. The summed E-state index contributed by atoms with van der Waals surface area (Å²) in [6.07, 6.45) is 1.36. The molecule has 3 saturated heterocycles. The van der Waals surface area contributed by atoms with Crippen LogP contribution in [0, 0.1) is 28.1 Å². The maximum absolute atomic E-state index is 14.0. The highest BCUT2D eigenvalue weighted by atomic mass is 32.2. The summed E-state index contributed by atoms with van der Waals surface area (Å²) in [7, 11) is 0. The van der Waals surface area contributed by atoms with Gasteiger partial charge in [0, 0.05) is 42.3 Å². The van der Waals surface area contributed by atoms with Crippen LogP contribution in [0.15, 0.2) is 0 Å². The van der Waals surface area contributed by atoms with Crippen molar-refractivity contribution in [1.82, 2.24) is 20.9 Å². The molecule has 11 heteroatoms. The van der Waals surface area contributed by atoms with E-state index in [2.05, 4.69) is 22.0 Å². The van der Waals surface area contributed by atoms with Crippen LogP contribution in [0.25, 0.3) is 0 Å². The summed E-state index contributed by atoms with van der Waals surface area (Å²) in [5.41, 5.74) is -1.24. The molecule has 0 unspecified atom stereocenters. The van der Waals surface area contributed by atoms with Gasteiger partial charge in [-0.05, 0) is 18.3 Å². The maximum atomic E-state index is 14.0. The zero-order valence-corrected chi connectivity index (χ0v) is 23.7. The van der Waals surface area contributed by atoms with E-state index in [0.717, 1.165) is 11.5 Å². The summed E-state index contributed by atoms with van der Waals surface area (Å²) in [5, 5.41) is 18.2. The van der Waals surface area contributed by atoms with E-state index in [9.17, 15) is 24.4 Å². The van der Waals surface area contributed by atoms with Crippen molar-refractivity contribution in [2.75, 3.05) is 24.6 Å². The lowest BCUT2D eigenvalue weighted by atomic mass is 9.84. The lowest BCUT2D eigenvalue weighted by Gasteiger charge is -2.37. The van der Waals surface area contributed by atoms with Crippen molar-refractivity contribution in [2.24, 2.45) is 16.7 Å². The molecule has 9 nitrogen and oxygen atoms in total. The Morgan fingerprint density at radius 3 is 2.31 bits per heavy atom. The van der Waals surface area contributed by atoms with Gasteiger partial charge in [-0.2, -0.15) is 5.26 Å². The van der Waals surface area contributed by atoms with Crippen molar-refractivity contribution in [3.05, 3.63) is 0 Å². The van der Waals surface area contributed by atoms with Crippen LogP contribution in [0.5, 0.6) is 0 Å². The van der Waals surface area contributed by atoms with Gasteiger partial charge in [0.15, 0.2) is 0 Å². The van der Waals surface area contributed by atoms with Crippen LogP contribution in [-0.2, 0) is 19.2 Å². The molecule has 4 atom stereocenters. The Morgan fingerprint density at radius 2 is 1.81 bits per heavy atom. The van der Waals surface area contributed by atoms with Crippen molar-refractivity contribution >= 4 is 47.2 Å². The summed E-state index contributed by atoms with van der Waals surface area (Å²) in [6, 6.07) is -0.256. The summed E-state index contributed by atoms with van der Waals surface area (Å²) in [6.45, 7) is 12.1. The molecule has 0 aromatic carbocycles. The molecule has 1 spiro atoms. The minimum absolute atomic E-state index is 0.0949. The van der Waals surface area contributed by atoms with Gasteiger partial charge in [-0.15, -0.1) is 23.5 Å². The van der Waals surface area contributed by atoms with E-state index < -0.39 is 29.0 Å². The first-order valence-electron chi connectivity index (χ1n) is 12.5. The van der Waals surface area contributed by atoms with Gasteiger partial charge < -0.3 is 20.9 Å². The second-order valence-corrected chi connectivity index (χ2v) is 15.2. The Bertz CT molecular complexity index is 930. The average Bonchev–Trinajstić information content (AvgIpc) is 3.50. The van der Waals surface area contributed by atoms with Crippen LogP contribution in [-0.4, -0.2) is 75.3 Å². The molecular weight excluding hydrogens is 498 g/mol. The molecular formula is C25H39N5O4S2. The molecule has 3 fully saturated rings. The first kappa shape index (κ1) is 28.6. The second-order valence-electron chi connectivity index (χ2n) is 12.0. The molecule has 0 radical (unpaired) electrons. The molecule has 0 saturated carbocycles. The highest BCUT2D eigenvalue weighted by Crippen LogP contribution is 2.52. The Labute approximate surface area is 222 Å². The predicted molar refractivity (Wildman–Crippen MR) is 142 cm³/mol. The average molecular weight is 538 g/mol. The van der Waals surface area contributed by atoms with Gasteiger partial charge in [0.1, 0.15) is 18.1 Å². The van der Waals surface area contributed by atoms with E-state index in [1.807, 2.05) is 20.8 Å². The Hall–Kier alpha value is -1.93. The van der Waals surface area contributed by atoms with Crippen molar-refractivity contribution in [1.29, 1.82) is 5.26 Å². The van der Waals surface area contributed by atoms with Gasteiger partial charge in [0.05, 0.1) is 10.1 Å². The van der Waals surface area contributed by atoms with E-state index in [-0.39, 0.29) is 40.0 Å². The third-order valence-corrected chi connectivity index (χ3v) is 10.3. The van der Waals surface area contributed by atoms with Crippen molar-refractivity contribution in [3.63, 3.8) is 0 Å². The number of nitriles is 1. The molecule has 3 N–H and O–H groups in total. The Kier molecular flexibility index (Phi) is 8.61. The molecule has 0 aromatic heterocycles. The zero-order valence-electron chi connectivity index (χ0n) is 22.1. The summed E-state index contributed by atoms with van der Waals surface area (Å²) in [4.78, 5) is 53.9. The number of amides is 4. The fourth-order valence-corrected chi connectivity index (χ4v) is 8.00. The minimum Gasteiger partial charge on any atom is -0.356 e. The fraction of sp³-hybridized carbons (Fsp3) is 0.800. The van der Waals surface area contributed by atoms with Crippen LogP contribution >= 0.6 is 23.5 Å². The largest absolute Gasteiger partial charge is 0.356 e. The molecule has 0 aromatic rings. The summed E-state index contributed by atoms with van der Waals surface area (Å²) >= 11 is 3.53. The third kappa shape index (κ3) is 6.49. The number of carbonyl (C=O) groups excluding carboxylic acids is 4. The topological polar surface area (TPSA) is 131 Å². The fourth-order valence-electron chi connectivity index (χ4n) is 4.74. The number of likely N-dealkylation sites (tertiary alicyclic amines) is 1. The number of thioether (sulfide) groups is 2. The van der Waals surface area contributed by atoms with Gasteiger partial charge in [-0.1, -0.05) is 41.5 Å². The first-order valence-corrected chi connectivity index (χ1v) is 14.5. The third-order valence-electron chi connectivity index (χ3n) is 6.92. The monoisotopic (exact) mass is 537 g/mol. The minimum atomic E-state index is -0.817. The number of carbonyl (C=O) groups is 4. The van der Waals surface area contributed by atoms with Gasteiger partial charge in [-0.25, -0.2) is 0 Å². The maximum Gasteiger partial charge on any atom is 0.246 e. The van der Waals surface area contributed by atoms with Crippen molar-refractivity contribution in [3.8, 4) is 6.07 Å². The number of nitrogens with one attached hydrogen (secondary N) is 3. The highest BCUT2D eigenvalue weighted by molar-refractivity contribution is 8.21. The smallest absolute Gasteiger partial charge is 0.246 e. The molecule has 3 aliphatic heterocycles. The molecule has 4 amide bonds. The molecule has 0 aliphatic carbocycles. The SMILES string of the molecule is CC(C)(C)C(=O)N[C@H](C(=O)N1CC2(C[C@H]1C(=O)N[C@H](C#N)C[C@@H]1CCNC1=O)SCCS2)C(C)(C)C. The van der Waals surface area contributed by atoms with Crippen LogP contribution in [0.2, 0.25) is 0 Å². The number of rotatable bonds is 6. The van der Waals surface area contributed by atoms with Gasteiger partial charge in [-0.3, -0.25) is 19.2 Å². The Balaban J connectivity index is 1.82. The quantitative estimate of drug-likeness (QED) is 0.471. The van der Waals surface area contributed by atoms with Crippen LogP contribution in [0.3, 0.4) is 0 Å². The van der Waals surface area contributed by atoms with Crippen LogP contribution < -0.4 is 16.0 Å². The molecule has 0 bridgehead atoms. The van der Waals surface area contributed by atoms with Crippen molar-refractivity contribution < 1.29 is 19.2 Å². The molecule has 3 heterocycles. The predicted octanol–water partition coefficient (Wildman–Crippen LogP) is 1.88. The van der Waals surface area contributed by atoms with Crippen LogP contribution in [0.4, 0.5) is 0 Å². The highest BCUT2D eigenvalue weighted by Gasteiger charge is 2.53. The number of hydrogen-bond donors (Lipinski definition) is 3. The lowest BCUT2D eigenvalue weighted by Crippen LogP contribution is -2.59. The second kappa shape index (κ2) is 10.8. The summed E-state index contributed by atoms with van der Waals surface area (Å²) < 4.78 is -0.276. The van der Waals surface area contributed by atoms with E-state index in [4.69, 9.17) is 0 Å². The van der Waals surface area contributed by atoms with Gasteiger partial charge in [0.2, 0.25) is 23.6 Å². The van der Waals surface area contributed by atoms with E-state index in [1.54, 1.807) is 49.2 Å². The summed E-state index contributed by atoms with van der Waals surface area (Å²) in [5.74, 6) is 0.602. The molecule has 3 rings (SSSR count). The Morgan fingerprint density at radius 1 is 1.17 bits per heavy atom. The standard InChI is InChI=1S/C25H39N5O4S2/c1-23(2,3)18(29-22(34)24(4,5)6)21(33)30-14-25(35-9-10-36-25)12-17(30)20(32)28-16(13-26)11-15-7-8-27-19(15)31/h15-18H,7-12,14H2,1-6H3,(H,27,31)(H,28,32)(H,29,34)/t15-,16-,17-,18+/m0/s1. The molecule has 200 valence electrons. The molecule has 36 heavy (non-hydrogen) atoms. The lowest BCUT2D eigenvalue weighted by molar-refractivity contribution is -0.145. The van der Waals surface area contributed by atoms with E-state index in [0.29, 0.717) is 25.9 Å². The zero-order chi connectivity index (χ0) is 26.9. The van der Waals surface area contributed by atoms with E-state index in [1.165, 1.54) is 0 Å². The van der Waals surface area contributed by atoms with Crippen LogP contribution in [0.1, 0.15) is 60.8 Å². The number of nitrogens with zero attached hydrogens (tertiary/aromatic N) is 2. The van der Waals surface area contributed by atoms with E-state index >= 15 is 0 Å². The first-order chi connectivity index (χ1) is 16.7. The normalized spacial score (nSPS) is 25.2. The van der Waals surface area contributed by atoms with Gasteiger partial charge >= 0.3 is 0 Å². The van der Waals surface area contributed by atoms with Crippen molar-refractivity contribution in [2.45, 2.75) is 83.0 Å². The van der Waals surface area contributed by atoms with Gasteiger partial charge in [0.25, 0.3) is 0 Å².